The predicted molar refractivity (Wildman–Crippen MR) is 74.3 cm³/mol. The Hall–Kier alpha value is -2.07. The first-order valence-corrected chi connectivity index (χ1v) is 6.29. The fourth-order valence-electron chi connectivity index (χ4n) is 2.17. The van der Waals surface area contributed by atoms with E-state index in [1.165, 1.54) is 11.1 Å². The van der Waals surface area contributed by atoms with Gasteiger partial charge in [0, 0.05) is 0 Å². The van der Waals surface area contributed by atoms with Gasteiger partial charge in [0.25, 0.3) is 0 Å². The SMILES string of the molecule is Cc1cccc(CC[C@H](C#N)c2ccccc2)c1. The maximum Gasteiger partial charge on any atom is 0.0715 e. The summed E-state index contributed by atoms with van der Waals surface area (Å²) in [5, 5.41) is 9.26. The van der Waals surface area contributed by atoms with E-state index >= 15 is 0 Å². The van der Waals surface area contributed by atoms with Gasteiger partial charge in [-0.1, -0.05) is 60.2 Å². The van der Waals surface area contributed by atoms with Crippen LogP contribution in [-0.2, 0) is 6.42 Å². The van der Waals surface area contributed by atoms with E-state index in [4.69, 9.17) is 0 Å². The molecule has 2 rings (SSSR count). The third-order valence-corrected chi connectivity index (χ3v) is 3.16. The number of benzene rings is 2. The topological polar surface area (TPSA) is 23.8 Å². The first-order chi connectivity index (χ1) is 8.79. The van der Waals surface area contributed by atoms with Crippen molar-refractivity contribution in [2.24, 2.45) is 0 Å². The van der Waals surface area contributed by atoms with Crippen molar-refractivity contribution in [1.29, 1.82) is 5.26 Å². The number of hydrogen-bond acceptors (Lipinski definition) is 1. The molecular weight excluding hydrogens is 218 g/mol. The van der Waals surface area contributed by atoms with Crippen molar-refractivity contribution in [3.05, 3.63) is 71.3 Å². The van der Waals surface area contributed by atoms with Crippen LogP contribution in [0.4, 0.5) is 0 Å². The van der Waals surface area contributed by atoms with Crippen LogP contribution in [-0.4, -0.2) is 0 Å². The Balaban J connectivity index is 2.03. The summed E-state index contributed by atoms with van der Waals surface area (Å²) < 4.78 is 0. The minimum absolute atomic E-state index is 0.00767. The van der Waals surface area contributed by atoms with Gasteiger partial charge in [-0.2, -0.15) is 5.26 Å². The van der Waals surface area contributed by atoms with E-state index in [0.29, 0.717) is 0 Å². The minimum atomic E-state index is -0.00767. The number of aryl methyl sites for hydroxylation is 2. The fraction of sp³-hybridized carbons (Fsp3) is 0.235. The Bertz CT molecular complexity index is 537. The van der Waals surface area contributed by atoms with Crippen LogP contribution < -0.4 is 0 Å². The van der Waals surface area contributed by atoms with Crippen LogP contribution in [0.2, 0.25) is 0 Å². The summed E-state index contributed by atoms with van der Waals surface area (Å²) in [5.41, 5.74) is 3.71. The summed E-state index contributed by atoms with van der Waals surface area (Å²) in [5.74, 6) is -0.00767. The second kappa shape index (κ2) is 6.02. The highest BCUT2D eigenvalue weighted by atomic mass is 14.3. The monoisotopic (exact) mass is 235 g/mol. The molecule has 1 nitrogen and oxygen atoms in total. The van der Waals surface area contributed by atoms with Crippen LogP contribution in [0.5, 0.6) is 0 Å². The normalized spacial score (nSPS) is 11.8. The van der Waals surface area contributed by atoms with E-state index in [9.17, 15) is 5.26 Å². The predicted octanol–water partition coefficient (Wildman–Crippen LogP) is 4.24. The molecule has 0 aromatic heterocycles. The number of hydrogen-bond donors (Lipinski definition) is 0. The van der Waals surface area contributed by atoms with E-state index in [1.807, 2.05) is 30.3 Å². The molecule has 2 aromatic rings. The Labute approximate surface area is 109 Å². The number of nitrogens with zero attached hydrogens (tertiary/aromatic N) is 1. The molecule has 0 heterocycles. The highest BCUT2D eigenvalue weighted by molar-refractivity contribution is 5.26. The van der Waals surface area contributed by atoms with E-state index in [0.717, 1.165) is 18.4 Å². The molecule has 0 unspecified atom stereocenters. The Morgan fingerprint density at radius 3 is 2.50 bits per heavy atom. The lowest BCUT2D eigenvalue weighted by Crippen LogP contribution is -1.98. The molecular formula is C17H17N. The maximum atomic E-state index is 9.26. The summed E-state index contributed by atoms with van der Waals surface area (Å²) in [6.45, 7) is 2.10. The van der Waals surface area contributed by atoms with Gasteiger partial charge in [0.2, 0.25) is 0 Å². The molecule has 2 aromatic carbocycles. The first-order valence-electron chi connectivity index (χ1n) is 6.29. The average molecular weight is 235 g/mol. The first kappa shape index (κ1) is 12.4. The van der Waals surface area contributed by atoms with Gasteiger partial charge in [-0.15, -0.1) is 0 Å². The molecule has 0 saturated heterocycles. The maximum absolute atomic E-state index is 9.26. The van der Waals surface area contributed by atoms with Gasteiger partial charge in [0.15, 0.2) is 0 Å². The van der Waals surface area contributed by atoms with Crippen molar-refractivity contribution in [3.63, 3.8) is 0 Å². The van der Waals surface area contributed by atoms with Crippen LogP contribution in [0.1, 0.15) is 29.0 Å². The molecule has 0 N–H and O–H groups in total. The Morgan fingerprint density at radius 1 is 1.06 bits per heavy atom. The fourth-order valence-corrected chi connectivity index (χ4v) is 2.17. The molecule has 18 heavy (non-hydrogen) atoms. The van der Waals surface area contributed by atoms with Crippen LogP contribution in [0.25, 0.3) is 0 Å². The largest absolute Gasteiger partial charge is 0.198 e. The summed E-state index contributed by atoms with van der Waals surface area (Å²) in [4.78, 5) is 0. The van der Waals surface area contributed by atoms with Gasteiger partial charge >= 0.3 is 0 Å². The summed E-state index contributed by atoms with van der Waals surface area (Å²) in [7, 11) is 0. The molecule has 0 amide bonds. The summed E-state index contributed by atoms with van der Waals surface area (Å²) >= 11 is 0. The van der Waals surface area contributed by atoms with Gasteiger partial charge in [0.05, 0.1) is 12.0 Å². The van der Waals surface area contributed by atoms with E-state index in [2.05, 4.69) is 37.3 Å². The van der Waals surface area contributed by atoms with Crippen molar-refractivity contribution < 1.29 is 0 Å². The second-order valence-corrected chi connectivity index (χ2v) is 4.62. The highest BCUT2D eigenvalue weighted by Crippen LogP contribution is 2.21. The molecule has 0 fully saturated rings. The van der Waals surface area contributed by atoms with Gasteiger partial charge in [0.1, 0.15) is 0 Å². The lowest BCUT2D eigenvalue weighted by Gasteiger charge is -2.09. The van der Waals surface area contributed by atoms with E-state index in [-0.39, 0.29) is 5.92 Å². The molecule has 0 aliphatic rings. The highest BCUT2D eigenvalue weighted by Gasteiger charge is 2.09. The number of rotatable bonds is 4. The van der Waals surface area contributed by atoms with Crippen molar-refractivity contribution in [2.45, 2.75) is 25.7 Å². The van der Waals surface area contributed by atoms with Crippen LogP contribution >= 0.6 is 0 Å². The summed E-state index contributed by atoms with van der Waals surface area (Å²) in [6, 6.07) is 20.9. The van der Waals surface area contributed by atoms with Crippen LogP contribution in [0, 0.1) is 18.3 Å². The zero-order valence-electron chi connectivity index (χ0n) is 10.6. The molecule has 90 valence electrons. The molecule has 1 heteroatoms. The van der Waals surface area contributed by atoms with Crippen molar-refractivity contribution in [3.8, 4) is 6.07 Å². The third kappa shape index (κ3) is 3.21. The lowest BCUT2D eigenvalue weighted by molar-refractivity contribution is 0.746. The molecule has 1 atom stereocenters. The van der Waals surface area contributed by atoms with Crippen molar-refractivity contribution in [1.82, 2.24) is 0 Å². The Morgan fingerprint density at radius 2 is 1.83 bits per heavy atom. The minimum Gasteiger partial charge on any atom is -0.198 e. The lowest BCUT2D eigenvalue weighted by atomic mass is 9.93. The van der Waals surface area contributed by atoms with E-state index in [1.54, 1.807) is 0 Å². The van der Waals surface area contributed by atoms with E-state index < -0.39 is 0 Å². The van der Waals surface area contributed by atoms with Crippen LogP contribution in [0.3, 0.4) is 0 Å². The standard InChI is InChI=1S/C17H17N/c1-14-6-5-7-15(12-14)10-11-17(13-18)16-8-3-2-4-9-16/h2-9,12,17H,10-11H2,1H3/t17-/m1/s1. The Kier molecular flexibility index (Phi) is 4.15. The quantitative estimate of drug-likeness (QED) is 0.777. The molecule has 0 aliphatic carbocycles. The van der Waals surface area contributed by atoms with Gasteiger partial charge in [-0.3, -0.25) is 0 Å². The second-order valence-electron chi connectivity index (χ2n) is 4.62. The number of nitriles is 1. The van der Waals surface area contributed by atoms with Crippen LogP contribution in [0.15, 0.2) is 54.6 Å². The molecule has 0 saturated carbocycles. The summed E-state index contributed by atoms with van der Waals surface area (Å²) in [6.07, 6.45) is 1.83. The van der Waals surface area contributed by atoms with Crippen molar-refractivity contribution >= 4 is 0 Å². The zero-order chi connectivity index (χ0) is 12.8. The third-order valence-electron chi connectivity index (χ3n) is 3.16. The van der Waals surface area contributed by atoms with Gasteiger partial charge in [-0.05, 0) is 30.9 Å². The molecule has 0 spiro atoms. The van der Waals surface area contributed by atoms with Gasteiger partial charge < -0.3 is 0 Å². The molecule has 0 radical (unpaired) electrons. The average Bonchev–Trinajstić information content (AvgIpc) is 2.41. The molecule has 0 aliphatic heterocycles. The van der Waals surface area contributed by atoms with Gasteiger partial charge in [-0.25, -0.2) is 0 Å². The molecule has 0 bridgehead atoms. The zero-order valence-corrected chi connectivity index (χ0v) is 10.6. The van der Waals surface area contributed by atoms with Crippen molar-refractivity contribution in [2.75, 3.05) is 0 Å². The smallest absolute Gasteiger partial charge is 0.0715 e.